The second-order valence-corrected chi connectivity index (χ2v) is 5.41. The third kappa shape index (κ3) is 2.68. The number of aliphatic hydroxyl groups is 1. The number of benzene rings is 1. The van der Waals surface area contributed by atoms with E-state index in [1.165, 1.54) is 4.40 Å². The summed E-state index contributed by atoms with van der Waals surface area (Å²) in [6.07, 6.45) is 1.70. The Kier molecular flexibility index (Phi) is 3.83. The zero-order valence-electron chi connectivity index (χ0n) is 11.9. The number of aromatic nitrogens is 2. The van der Waals surface area contributed by atoms with Crippen LogP contribution in [-0.4, -0.2) is 14.5 Å². The zero-order valence-corrected chi connectivity index (χ0v) is 12.6. The van der Waals surface area contributed by atoms with Gasteiger partial charge < -0.3 is 10.4 Å². The van der Waals surface area contributed by atoms with Crippen molar-refractivity contribution >= 4 is 28.8 Å². The topological polar surface area (TPSA) is 66.6 Å². The summed E-state index contributed by atoms with van der Waals surface area (Å²) >= 11 is 5.95. The monoisotopic (exact) mass is 315 g/mol. The second kappa shape index (κ2) is 5.79. The summed E-state index contributed by atoms with van der Waals surface area (Å²) in [7, 11) is 0. The normalized spacial score (nSPS) is 10.9. The lowest BCUT2D eigenvalue weighted by molar-refractivity contribution is 0.280. The molecule has 2 aromatic heterocycles. The van der Waals surface area contributed by atoms with Crippen molar-refractivity contribution in [1.82, 2.24) is 9.38 Å². The molecule has 0 radical (unpaired) electrons. The first kappa shape index (κ1) is 14.6. The molecule has 0 amide bonds. The van der Waals surface area contributed by atoms with Crippen LogP contribution in [0, 0.1) is 6.92 Å². The molecule has 22 heavy (non-hydrogen) atoms. The lowest BCUT2D eigenvalue weighted by Gasteiger charge is -2.12. The largest absolute Gasteiger partial charge is 0.391 e. The Labute approximate surface area is 131 Å². The van der Waals surface area contributed by atoms with Gasteiger partial charge in [-0.2, -0.15) is 0 Å². The predicted octanol–water partition coefficient (Wildman–Crippen LogP) is 2.89. The van der Waals surface area contributed by atoms with Crippen molar-refractivity contribution in [3.05, 3.63) is 69.1 Å². The Morgan fingerprint density at radius 1 is 1.32 bits per heavy atom. The zero-order chi connectivity index (χ0) is 15.7. The van der Waals surface area contributed by atoms with Crippen molar-refractivity contribution in [3.8, 4) is 0 Å². The average Bonchev–Trinajstić information content (AvgIpc) is 2.49. The van der Waals surface area contributed by atoms with Gasteiger partial charge in [0.25, 0.3) is 5.56 Å². The summed E-state index contributed by atoms with van der Waals surface area (Å²) in [5, 5.41) is 13.2. The summed E-state index contributed by atoms with van der Waals surface area (Å²) < 4.78 is 1.43. The van der Waals surface area contributed by atoms with Crippen molar-refractivity contribution in [3.63, 3.8) is 0 Å². The van der Waals surface area contributed by atoms with Crippen LogP contribution in [0.4, 0.5) is 11.5 Å². The van der Waals surface area contributed by atoms with E-state index in [1.807, 2.05) is 19.1 Å². The molecule has 112 valence electrons. The van der Waals surface area contributed by atoms with Crippen molar-refractivity contribution in [2.45, 2.75) is 13.5 Å². The molecular formula is C16H14ClN3O2. The first-order chi connectivity index (χ1) is 10.6. The first-order valence-corrected chi connectivity index (χ1v) is 7.11. The van der Waals surface area contributed by atoms with Crippen molar-refractivity contribution in [1.29, 1.82) is 0 Å². The smallest absolute Gasteiger partial charge is 0.265 e. The van der Waals surface area contributed by atoms with Crippen LogP contribution in [0.15, 0.2) is 47.4 Å². The van der Waals surface area contributed by atoms with Gasteiger partial charge in [-0.15, -0.1) is 0 Å². The molecule has 0 saturated heterocycles. The number of aryl methyl sites for hydroxylation is 1. The van der Waals surface area contributed by atoms with Crippen LogP contribution in [0.5, 0.6) is 0 Å². The predicted molar refractivity (Wildman–Crippen MR) is 86.9 cm³/mol. The van der Waals surface area contributed by atoms with E-state index in [-0.39, 0.29) is 11.1 Å². The molecule has 0 aliphatic carbocycles. The highest BCUT2D eigenvalue weighted by Crippen LogP contribution is 2.21. The molecule has 0 aliphatic heterocycles. The van der Waals surface area contributed by atoms with Gasteiger partial charge in [0.1, 0.15) is 11.5 Å². The van der Waals surface area contributed by atoms with Crippen LogP contribution < -0.4 is 10.9 Å². The number of hydrogen-bond acceptors (Lipinski definition) is 4. The number of hydrogen-bond donors (Lipinski definition) is 2. The number of halogens is 1. The minimum atomic E-state index is -0.397. The molecule has 0 bridgehead atoms. The minimum Gasteiger partial charge on any atom is -0.391 e. The van der Waals surface area contributed by atoms with Gasteiger partial charge in [-0.05, 0) is 36.8 Å². The van der Waals surface area contributed by atoms with Crippen LogP contribution in [0.2, 0.25) is 5.02 Å². The van der Waals surface area contributed by atoms with E-state index in [4.69, 9.17) is 11.6 Å². The summed E-state index contributed by atoms with van der Waals surface area (Å²) in [5.41, 5.74) is 2.07. The van der Waals surface area contributed by atoms with E-state index >= 15 is 0 Å². The molecule has 6 heteroatoms. The van der Waals surface area contributed by atoms with Crippen LogP contribution >= 0.6 is 11.6 Å². The quantitative estimate of drug-likeness (QED) is 0.780. The number of nitrogens with zero attached hydrogens (tertiary/aromatic N) is 2. The molecule has 2 heterocycles. The molecule has 0 aliphatic rings. The third-order valence-electron chi connectivity index (χ3n) is 3.31. The molecule has 0 atom stereocenters. The fourth-order valence-corrected chi connectivity index (χ4v) is 2.42. The number of fused-ring (bicyclic) bond motifs is 1. The lowest BCUT2D eigenvalue weighted by atomic mass is 10.2. The maximum absolute atomic E-state index is 12.5. The van der Waals surface area contributed by atoms with Gasteiger partial charge in [-0.25, -0.2) is 4.98 Å². The Balaban J connectivity index is 2.16. The molecule has 3 rings (SSSR count). The molecule has 2 N–H and O–H groups in total. The third-order valence-corrected chi connectivity index (χ3v) is 3.54. The molecule has 5 nitrogen and oxygen atoms in total. The Morgan fingerprint density at radius 3 is 2.86 bits per heavy atom. The number of aliphatic hydroxyl groups excluding tert-OH is 1. The van der Waals surface area contributed by atoms with Crippen LogP contribution in [-0.2, 0) is 6.61 Å². The summed E-state index contributed by atoms with van der Waals surface area (Å²) in [6, 6.07) is 10.7. The van der Waals surface area contributed by atoms with Crippen LogP contribution in [0.25, 0.3) is 5.65 Å². The van der Waals surface area contributed by atoms with Crippen LogP contribution in [0.3, 0.4) is 0 Å². The van der Waals surface area contributed by atoms with Crippen molar-refractivity contribution < 1.29 is 5.11 Å². The van der Waals surface area contributed by atoms with Crippen LogP contribution in [0.1, 0.15) is 11.1 Å². The van der Waals surface area contributed by atoms with Crippen molar-refractivity contribution in [2.75, 3.05) is 5.32 Å². The molecule has 0 spiro atoms. The highest BCUT2D eigenvalue weighted by molar-refractivity contribution is 6.30. The highest BCUT2D eigenvalue weighted by Gasteiger charge is 2.12. The Hall–Kier alpha value is -2.37. The summed E-state index contributed by atoms with van der Waals surface area (Å²) in [4.78, 5) is 16.9. The van der Waals surface area contributed by atoms with Gasteiger partial charge in [-0.3, -0.25) is 9.20 Å². The highest BCUT2D eigenvalue weighted by atomic mass is 35.5. The molecule has 0 saturated carbocycles. The van der Waals surface area contributed by atoms with Gasteiger partial charge in [0.2, 0.25) is 0 Å². The van der Waals surface area contributed by atoms with Gasteiger partial charge in [0, 0.05) is 16.9 Å². The molecule has 3 aromatic rings. The standard InChI is InChI=1S/C16H14ClN3O2/c1-10-5-6-14-19-15(13(9-21)16(22)20(14)8-10)18-12-4-2-3-11(17)7-12/h2-8,18,21H,9H2,1H3. The van der Waals surface area contributed by atoms with Gasteiger partial charge in [0.05, 0.1) is 12.2 Å². The van der Waals surface area contributed by atoms with E-state index in [9.17, 15) is 9.90 Å². The van der Waals surface area contributed by atoms with Gasteiger partial charge in [-0.1, -0.05) is 23.7 Å². The number of nitrogens with one attached hydrogen (secondary N) is 1. The van der Waals surface area contributed by atoms with E-state index in [0.717, 1.165) is 5.56 Å². The van der Waals surface area contributed by atoms with E-state index < -0.39 is 6.61 Å². The van der Waals surface area contributed by atoms with E-state index in [0.29, 0.717) is 22.2 Å². The summed E-state index contributed by atoms with van der Waals surface area (Å²) in [5.74, 6) is 0.332. The lowest BCUT2D eigenvalue weighted by Crippen LogP contribution is -2.22. The number of pyridine rings is 1. The van der Waals surface area contributed by atoms with Gasteiger partial charge in [0.15, 0.2) is 0 Å². The molecular weight excluding hydrogens is 302 g/mol. The fourth-order valence-electron chi connectivity index (χ4n) is 2.23. The summed E-state index contributed by atoms with van der Waals surface area (Å²) in [6.45, 7) is 1.49. The Morgan fingerprint density at radius 2 is 2.14 bits per heavy atom. The molecule has 0 fully saturated rings. The maximum atomic E-state index is 12.5. The average molecular weight is 316 g/mol. The van der Waals surface area contributed by atoms with E-state index in [1.54, 1.807) is 30.5 Å². The Bertz CT molecular complexity index is 906. The van der Waals surface area contributed by atoms with Crippen molar-refractivity contribution in [2.24, 2.45) is 0 Å². The second-order valence-electron chi connectivity index (χ2n) is 4.97. The molecule has 0 unspecified atom stereocenters. The number of rotatable bonds is 3. The number of anilines is 2. The first-order valence-electron chi connectivity index (χ1n) is 6.74. The fraction of sp³-hybridized carbons (Fsp3) is 0.125. The SMILES string of the molecule is Cc1ccc2nc(Nc3cccc(Cl)c3)c(CO)c(=O)n2c1. The van der Waals surface area contributed by atoms with E-state index in [2.05, 4.69) is 10.3 Å². The van der Waals surface area contributed by atoms with Gasteiger partial charge >= 0.3 is 0 Å². The minimum absolute atomic E-state index is 0.211. The maximum Gasteiger partial charge on any atom is 0.265 e. The molecule has 1 aromatic carbocycles.